The van der Waals surface area contributed by atoms with Crippen LogP contribution in [0.25, 0.3) is 11.1 Å². The molecule has 0 aliphatic heterocycles. The van der Waals surface area contributed by atoms with Gasteiger partial charge in [0.2, 0.25) is 0 Å². The van der Waals surface area contributed by atoms with Crippen LogP contribution >= 0.6 is 0 Å². The number of hydrogen-bond acceptors (Lipinski definition) is 2. The Balaban J connectivity index is 1.79. The minimum atomic E-state index is -0.401. The van der Waals surface area contributed by atoms with Gasteiger partial charge in [-0.15, -0.1) is 0 Å². The lowest BCUT2D eigenvalue weighted by atomic mass is 10.00. The summed E-state index contributed by atoms with van der Waals surface area (Å²) in [6, 6.07) is 23.5. The van der Waals surface area contributed by atoms with Crippen molar-refractivity contribution in [1.29, 1.82) is 5.26 Å². The number of hydrogen-bond donors (Lipinski definition) is 0. The van der Waals surface area contributed by atoms with Gasteiger partial charge in [0, 0.05) is 5.56 Å². The van der Waals surface area contributed by atoms with Crippen molar-refractivity contribution in [3.8, 4) is 22.9 Å². The monoisotopic (exact) mass is 303 g/mol. The SMILES string of the molecule is N#Cc1cccc(F)c1-c1ccc(OCc2ccccc2)cc1. The second-order valence-electron chi connectivity index (χ2n) is 5.07. The summed E-state index contributed by atoms with van der Waals surface area (Å²) in [5.41, 5.74) is 2.39. The van der Waals surface area contributed by atoms with Crippen LogP contribution in [0.2, 0.25) is 0 Å². The molecule has 0 aliphatic carbocycles. The average Bonchev–Trinajstić information content (AvgIpc) is 2.61. The summed E-state index contributed by atoms with van der Waals surface area (Å²) in [5, 5.41) is 9.13. The van der Waals surface area contributed by atoms with Crippen LogP contribution in [0.1, 0.15) is 11.1 Å². The summed E-state index contributed by atoms with van der Waals surface area (Å²) in [5.74, 6) is 0.300. The topological polar surface area (TPSA) is 33.0 Å². The van der Waals surface area contributed by atoms with E-state index in [0.717, 1.165) is 5.56 Å². The molecule has 0 atom stereocenters. The van der Waals surface area contributed by atoms with Crippen LogP contribution in [-0.2, 0) is 6.61 Å². The molecule has 0 aliphatic rings. The van der Waals surface area contributed by atoms with Crippen molar-refractivity contribution >= 4 is 0 Å². The van der Waals surface area contributed by atoms with Gasteiger partial charge in [-0.1, -0.05) is 48.5 Å². The first-order valence-corrected chi connectivity index (χ1v) is 7.24. The second kappa shape index (κ2) is 6.76. The highest BCUT2D eigenvalue weighted by atomic mass is 19.1. The third-order valence-corrected chi connectivity index (χ3v) is 3.53. The Labute approximate surface area is 134 Å². The van der Waals surface area contributed by atoms with Crippen molar-refractivity contribution in [3.63, 3.8) is 0 Å². The summed E-state index contributed by atoms with van der Waals surface area (Å²) in [6.45, 7) is 0.476. The number of ether oxygens (including phenoxy) is 1. The molecule has 0 saturated carbocycles. The Morgan fingerprint density at radius 2 is 1.61 bits per heavy atom. The van der Waals surface area contributed by atoms with Gasteiger partial charge in [-0.25, -0.2) is 4.39 Å². The van der Waals surface area contributed by atoms with Gasteiger partial charge in [0.25, 0.3) is 0 Å². The maximum absolute atomic E-state index is 14.0. The first-order valence-electron chi connectivity index (χ1n) is 7.24. The molecule has 3 rings (SSSR count). The maximum Gasteiger partial charge on any atom is 0.132 e. The average molecular weight is 303 g/mol. The van der Waals surface area contributed by atoms with Crippen molar-refractivity contribution in [3.05, 3.63) is 89.7 Å². The van der Waals surface area contributed by atoms with Crippen molar-refractivity contribution in [2.45, 2.75) is 6.61 Å². The number of halogens is 1. The van der Waals surface area contributed by atoms with Gasteiger partial charge >= 0.3 is 0 Å². The quantitative estimate of drug-likeness (QED) is 0.683. The first kappa shape index (κ1) is 14.8. The van der Waals surface area contributed by atoms with E-state index >= 15 is 0 Å². The molecule has 112 valence electrons. The predicted molar refractivity (Wildman–Crippen MR) is 87.3 cm³/mol. The van der Waals surface area contributed by atoms with Gasteiger partial charge in [0.05, 0.1) is 11.6 Å². The summed E-state index contributed by atoms with van der Waals surface area (Å²) >= 11 is 0. The van der Waals surface area contributed by atoms with Crippen LogP contribution in [0.15, 0.2) is 72.8 Å². The molecule has 0 N–H and O–H groups in total. The van der Waals surface area contributed by atoms with Gasteiger partial charge in [-0.05, 0) is 35.4 Å². The summed E-state index contributed by atoms with van der Waals surface area (Å²) < 4.78 is 19.7. The molecule has 0 fully saturated rings. The Kier molecular flexibility index (Phi) is 4.35. The van der Waals surface area contributed by atoms with E-state index in [2.05, 4.69) is 0 Å². The van der Waals surface area contributed by atoms with Crippen molar-refractivity contribution in [1.82, 2.24) is 0 Å². The molecule has 0 unspecified atom stereocenters. The molecule has 0 bridgehead atoms. The maximum atomic E-state index is 14.0. The summed E-state index contributed by atoms with van der Waals surface area (Å²) in [7, 11) is 0. The van der Waals surface area contributed by atoms with Crippen molar-refractivity contribution < 1.29 is 9.13 Å². The third kappa shape index (κ3) is 3.38. The lowest BCUT2D eigenvalue weighted by Crippen LogP contribution is -1.95. The zero-order valence-electron chi connectivity index (χ0n) is 12.4. The van der Waals surface area contributed by atoms with Gasteiger partial charge in [0.15, 0.2) is 0 Å². The van der Waals surface area contributed by atoms with E-state index < -0.39 is 5.82 Å². The molecule has 2 nitrogen and oxygen atoms in total. The number of benzene rings is 3. The lowest BCUT2D eigenvalue weighted by molar-refractivity contribution is 0.306. The van der Waals surface area contributed by atoms with E-state index in [1.165, 1.54) is 12.1 Å². The molecule has 0 heterocycles. The summed E-state index contributed by atoms with van der Waals surface area (Å²) in [6.07, 6.45) is 0. The molecule has 0 amide bonds. The van der Waals surface area contributed by atoms with Crippen molar-refractivity contribution in [2.24, 2.45) is 0 Å². The van der Waals surface area contributed by atoms with E-state index in [1.54, 1.807) is 30.3 Å². The standard InChI is InChI=1S/C20H14FNO/c21-19-8-4-7-17(13-22)20(19)16-9-11-18(12-10-16)23-14-15-5-2-1-3-6-15/h1-12H,14H2. The Hall–Kier alpha value is -3.12. The number of nitrogens with zero attached hydrogens (tertiary/aromatic N) is 1. The molecule has 3 aromatic rings. The second-order valence-corrected chi connectivity index (χ2v) is 5.07. The van der Waals surface area contributed by atoms with E-state index in [-0.39, 0.29) is 0 Å². The van der Waals surface area contributed by atoms with Crippen LogP contribution < -0.4 is 4.74 Å². The molecule has 3 aromatic carbocycles. The smallest absolute Gasteiger partial charge is 0.132 e. The Morgan fingerprint density at radius 1 is 0.870 bits per heavy atom. The molecule has 0 aromatic heterocycles. The highest BCUT2D eigenvalue weighted by Gasteiger charge is 2.10. The fraction of sp³-hybridized carbons (Fsp3) is 0.0500. The number of nitriles is 1. The molecule has 0 radical (unpaired) electrons. The van der Waals surface area contributed by atoms with E-state index in [0.29, 0.717) is 29.0 Å². The van der Waals surface area contributed by atoms with Crippen LogP contribution in [0.5, 0.6) is 5.75 Å². The zero-order valence-corrected chi connectivity index (χ0v) is 12.4. The third-order valence-electron chi connectivity index (χ3n) is 3.53. The minimum absolute atomic E-state index is 0.322. The fourth-order valence-electron chi connectivity index (χ4n) is 2.37. The van der Waals surface area contributed by atoms with Crippen LogP contribution in [0.3, 0.4) is 0 Å². The lowest BCUT2D eigenvalue weighted by Gasteiger charge is -2.09. The molecule has 3 heteroatoms. The largest absolute Gasteiger partial charge is 0.489 e. The first-order chi connectivity index (χ1) is 11.3. The van der Waals surface area contributed by atoms with Gasteiger partial charge in [-0.2, -0.15) is 5.26 Å². The molecular formula is C20H14FNO. The van der Waals surface area contributed by atoms with E-state index in [4.69, 9.17) is 10.00 Å². The highest BCUT2D eigenvalue weighted by Crippen LogP contribution is 2.28. The molecule has 0 saturated heterocycles. The fourth-order valence-corrected chi connectivity index (χ4v) is 2.37. The van der Waals surface area contributed by atoms with Gasteiger partial charge in [0.1, 0.15) is 18.2 Å². The molecular weight excluding hydrogens is 289 g/mol. The van der Waals surface area contributed by atoms with Crippen LogP contribution in [0.4, 0.5) is 4.39 Å². The van der Waals surface area contributed by atoms with Crippen molar-refractivity contribution in [2.75, 3.05) is 0 Å². The van der Waals surface area contributed by atoms with Gasteiger partial charge < -0.3 is 4.74 Å². The van der Waals surface area contributed by atoms with E-state index in [9.17, 15) is 4.39 Å². The predicted octanol–water partition coefficient (Wildman–Crippen LogP) is 4.94. The van der Waals surface area contributed by atoms with Crippen LogP contribution in [0, 0.1) is 17.1 Å². The molecule has 23 heavy (non-hydrogen) atoms. The van der Waals surface area contributed by atoms with Crippen LogP contribution in [-0.4, -0.2) is 0 Å². The normalized spacial score (nSPS) is 10.1. The van der Waals surface area contributed by atoms with E-state index in [1.807, 2.05) is 36.4 Å². The Bertz CT molecular complexity index is 836. The van der Waals surface area contributed by atoms with Gasteiger partial charge in [-0.3, -0.25) is 0 Å². The minimum Gasteiger partial charge on any atom is -0.489 e. The Morgan fingerprint density at radius 3 is 2.30 bits per heavy atom. The number of rotatable bonds is 4. The zero-order chi connectivity index (χ0) is 16.1. The summed E-state index contributed by atoms with van der Waals surface area (Å²) in [4.78, 5) is 0. The molecule has 0 spiro atoms. The highest BCUT2D eigenvalue weighted by molar-refractivity contribution is 5.71.